The van der Waals surface area contributed by atoms with E-state index in [0.29, 0.717) is 41.4 Å². The van der Waals surface area contributed by atoms with Gasteiger partial charge in [0.1, 0.15) is 11.5 Å². The van der Waals surface area contributed by atoms with Crippen LogP contribution in [0.2, 0.25) is 5.02 Å². The summed E-state index contributed by atoms with van der Waals surface area (Å²) in [4.78, 5) is 30.5. The highest BCUT2D eigenvalue weighted by Crippen LogP contribution is 2.43. The van der Waals surface area contributed by atoms with E-state index in [-0.39, 0.29) is 19.1 Å². The number of carbonyl (C=O) groups is 2. The lowest BCUT2D eigenvalue weighted by Gasteiger charge is -2.57. The molecule has 0 aliphatic carbocycles. The van der Waals surface area contributed by atoms with E-state index in [1.54, 1.807) is 11.4 Å². The zero-order valence-electron chi connectivity index (χ0n) is 23.3. The average molecular weight is 588 g/mol. The number of amides is 1. The van der Waals surface area contributed by atoms with Crippen molar-refractivity contribution < 1.29 is 19.1 Å². The molecule has 4 heterocycles. The predicted octanol–water partition coefficient (Wildman–Crippen LogP) is 5.24. The molecule has 1 aromatic carbocycles. The van der Waals surface area contributed by atoms with Gasteiger partial charge in [-0.3, -0.25) is 14.6 Å². The molecule has 9 heteroatoms. The minimum absolute atomic E-state index is 0.0774. The topological polar surface area (TPSA) is 71.1 Å². The zero-order chi connectivity index (χ0) is 27.7. The molecule has 0 unspecified atom stereocenters. The molecular weight excluding hydrogens is 546 g/mol. The van der Waals surface area contributed by atoms with Crippen molar-refractivity contribution in [2.45, 2.75) is 63.6 Å². The van der Waals surface area contributed by atoms with Gasteiger partial charge in [0.2, 0.25) is 5.91 Å². The summed E-state index contributed by atoms with van der Waals surface area (Å²) in [6.45, 7) is 5.98. The number of nitrogens with zero attached hydrogens (tertiary/aromatic N) is 2. The Hall–Kier alpha value is -1.97. The largest absolute Gasteiger partial charge is 0.459 e. The summed E-state index contributed by atoms with van der Waals surface area (Å²) in [5.74, 6) is 1.13. The van der Waals surface area contributed by atoms with Gasteiger partial charge in [-0.05, 0) is 80.5 Å². The molecule has 3 saturated heterocycles. The van der Waals surface area contributed by atoms with E-state index in [1.165, 1.54) is 62.2 Å². The van der Waals surface area contributed by atoms with E-state index in [2.05, 4.69) is 45.4 Å². The summed E-state index contributed by atoms with van der Waals surface area (Å²) < 4.78 is 10.7. The van der Waals surface area contributed by atoms with Crippen LogP contribution >= 0.6 is 22.9 Å². The third-order valence-corrected chi connectivity index (χ3v) is 10.1. The fraction of sp³-hybridized carbons (Fsp3) is 0.613. The molecule has 4 atom stereocenters. The Morgan fingerprint density at radius 3 is 2.67 bits per heavy atom. The first-order chi connectivity index (χ1) is 19.6. The van der Waals surface area contributed by atoms with Crippen molar-refractivity contribution in [1.29, 1.82) is 0 Å². The van der Waals surface area contributed by atoms with Crippen LogP contribution in [0.15, 0.2) is 41.8 Å². The fourth-order valence-electron chi connectivity index (χ4n) is 7.10. The van der Waals surface area contributed by atoms with Crippen molar-refractivity contribution in [3.05, 3.63) is 57.2 Å². The van der Waals surface area contributed by atoms with Crippen LogP contribution in [0, 0.1) is 11.8 Å². The minimum atomic E-state index is -0.433. The first kappa shape index (κ1) is 29.5. The summed E-state index contributed by atoms with van der Waals surface area (Å²) in [6.07, 6.45) is 7.80. The van der Waals surface area contributed by atoms with Crippen molar-refractivity contribution in [1.82, 2.24) is 15.1 Å². The lowest BCUT2D eigenvalue weighted by atomic mass is 9.69. The van der Waals surface area contributed by atoms with Crippen LogP contribution in [0.4, 0.5) is 0 Å². The number of esters is 1. The molecule has 0 saturated carbocycles. The monoisotopic (exact) mass is 587 g/mol. The predicted molar refractivity (Wildman–Crippen MR) is 159 cm³/mol. The molecule has 40 heavy (non-hydrogen) atoms. The molecule has 2 aromatic rings. The van der Waals surface area contributed by atoms with Gasteiger partial charge < -0.3 is 14.8 Å². The third kappa shape index (κ3) is 7.65. The summed E-state index contributed by atoms with van der Waals surface area (Å²) in [5.41, 5.74) is 1.39. The number of hydrogen-bond donors (Lipinski definition) is 1. The van der Waals surface area contributed by atoms with E-state index in [9.17, 15) is 9.59 Å². The molecule has 218 valence electrons. The first-order valence-corrected chi connectivity index (χ1v) is 16.1. The molecule has 1 amide bonds. The molecular formula is C31H42ClN3O4S. The van der Waals surface area contributed by atoms with Crippen LogP contribution in [-0.4, -0.2) is 79.8 Å². The molecule has 3 fully saturated rings. The molecule has 7 nitrogen and oxygen atoms in total. The van der Waals surface area contributed by atoms with Gasteiger partial charge in [-0.15, -0.1) is 11.3 Å². The number of nitrogens with one attached hydrogen (secondary N) is 1. The Morgan fingerprint density at radius 1 is 1.05 bits per heavy atom. The van der Waals surface area contributed by atoms with E-state index < -0.39 is 5.97 Å². The SMILES string of the molecule is O=C(CCC[C@@H]1[C@H]2CCCN3CCC[C@@H](CN1Cc1ccccc1)[C@@H]23)NCCOCCOC(=O)c1sccc1Cl. The van der Waals surface area contributed by atoms with Gasteiger partial charge in [0, 0.05) is 38.1 Å². The molecule has 3 aliphatic rings. The molecule has 1 aromatic heterocycles. The smallest absolute Gasteiger partial charge is 0.349 e. The van der Waals surface area contributed by atoms with Crippen molar-refractivity contribution in [2.24, 2.45) is 11.8 Å². The Morgan fingerprint density at radius 2 is 1.88 bits per heavy atom. The standard InChI is InChI=1S/C31H42ClN3O4S/c32-26-13-20-40-30(26)31(37)39-19-18-38-17-14-33-28(36)12-4-11-27-25-10-6-16-34-15-5-9-24(29(25)34)22-35(27)21-23-7-2-1-3-8-23/h1-3,7-8,13,20,24-25,27,29H,4-6,9-12,14-19,21-22H2,(H,33,36)/t24-,25+,27+,29-/m0/s1. The number of carbonyl (C=O) groups excluding carboxylic acids is 2. The fourth-order valence-corrected chi connectivity index (χ4v) is 8.13. The van der Waals surface area contributed by atoms with Crippen LogP contribution in [0.3, 0.4) is 0 Å². The Kier molecular flexibility index (Phi) is 10.9. The van der Waals surface area contributed by atoms with Gasteiger partial charge in [0.25, 0.3) is 0 Å². The number of hydrogen-bond acceptors (Lipinski definition) is 7. The van der Waals surface area contributed by atoms with Gasteiger partial charge in [-0.1, -0.05) is 41.9 Å². The Bertz CT molecular complexity index is 1100. The number of rotatable bonds is 13. The maximum absolute atomic E-state index is 12.6. The summed E-state index contributed by atoms with van der Waals surface area (Å²) >= 11 is 7.21. The molecule has 0 spiro atoms. The van der Waals surface area contributed by atoms with Crippen LogP contribution in [0.25, 0.3) is 0 Å². The number of thiophene rings is 1. The highest BCUT2D eigenvalue weighted by molar-refractivity contribution is 7.12. The summed E-state index contributed by atoms with van der Waals surface area (Å²) in [6, 6.07) is 13.8. The third-order valence-electron chi connectivity index (χ3n) is 8.74. The van der Waals surface area contributed by atoms with Gasteiger partial charge in [-0.25, -0.2) is 4.79 Å². The number of halogens is 1. The molecule has 0 bridgehead atoms. The highest BCUT2D eigenvalue weighted by Gasteiger charge is 2.48. The number of ether oxygens (including phenoxy) is 2. The maximum atomic E-state index is 12.6. The van der Waals surface area contributed by atoms with Crippen LogP contribution in [0.1, 0.15) is 60.2 Å². The van der Waals surface area contributed by atoms with Crippen molar-refractivity contribution >= 4 is 34.8 Å². The van der Waals surface area contributed by atoms with E-state index in [1.807, 2.05) is 0 Å². The van der Waals surface area contributed by atoms with Crippen LogP contribution < -0.4 is 5.32 Å². The van der Waals surface area contributed by atoms with Gasteiger partial charge >= 0.3 is 5.97 Å². The van der Waals surface area contributed by atoms with E-state index >= 15 is 0 Å². The minimum Gasteiger partial charge on any atom is -0.459 e. The van der Waals surface area contributed by atoms with Crippen LogP contribution in [-0.2, 0) is 20.8 Å². The lowest BCUT2D eigenvalue weighted by Crippen LogP contribution is -2.64. The highest BCUT2D eigenvalue weighted by atomic mass is 35.5. The van der Waals surface area contributed by atoms with Gasteiger partial charge in [-0.2, -0.15) is 0 Å². The molecule has 3 aliphatic heterocycles. The summed E-state index contributed by atoms with van der Waals surface area (Å²) in [5, 5.41) is 5.14. The van der Waals surface area contributed by atoms with E-state index in [4.69, 9.17) is 21.1 Å². The second-order valence-electron chi connectivity index (χ2n) is 11.3. The second kappa shape index (κ2) is 14.8. The van der Waals surface area contributed by atoms with Crippen LogP contribution in [0.5, 0.6) is 0 Å². The summed E-state index contributed by atoms with van der Waals surface area (Å²) in [7, 11) is 0. The molecule has 5 rings (SSSR count). The van der Waals surface area contributed by atoms with Crippen molar-refractivity contribution in [3.63, 3.8) is 0 Å². The normalized spacial score (nSPS) is 24.8. The lowest BCUT2D eigenvalue weighted by molar-refractivity contribution is -0.121. The Balaban J connectivity index is 1.03. The molecule has 0 radical (unpaired) electrons. The second-order valence-corrected chi connectivity index (χ2v) is 12.6. The zero-order valence-corrected chi connectivity index (χ0v) is 24.8. The van der Waals surface area contributed by atoms with Crippen molar-refractivity contribution in [2.75, 3.05) is 46.0 Å². The number of piperidine rings is 3. The van der Waals surface area contributed by atoms with Gasteiger partial charge in [0.15, 0.2) is 0 Å². The number of likely N-dealkylation sites (tertiary alicyclic amines) is 1. The number of benzene rings is 1. The molecule has 1 N–H and O–H groups in total. The first-order valence-electron chi connectivity index (χ1n) is 14.9. The van der Waals surface area contributed by atoms with E-state index in [0.717, 1.165) is 31.3 Å². The quantitative estimate of drug-likeness (QED) is 0.255. The van der Waals surface area contributed by atoms with Crippen molar-refractivity contribution in [3.8, 4) is 0 Å². The van der Waals surface area contributed by atoms with Gasteiger partial charge in [0.05, 0.1) is 18.2 Å². The maximum Gasteiger partial charge on any atom is 0.349 e. The average Bonchev–Trinajstić information content (AvgIpc) is 3.40. The Labute approximate surface area is 247 Å².